The smallest absolute Gasteiger partial charge is 0.255 e. The van der Waals surface area contributed by atoms with Crippen molar-refractivity contribution in [2.75, 3.05) is 23.3 Å². The fraction of sp³-hybridized carbons (Fsp3) is 0.250. The Morgan fingerprint density at radius 2 is 1.89 bits per heavy atom. The van der Waals surface area contributed by atoms with Crippen LogP contribution in [-0.2, 0) is 7.05 Å². The summed E-state index contributed by atoms with van der Waals surface area (Å²) < 4.78 is 14.6. The third kappa shape index (κ3) is 3.67. The molecule has 1 unspecified atom stereocenters. The predicted octanol–water partition coefficient (Wildman–Crippen LogP) is 2.67. The molecule has 1 aliphatic rings. The summed E-state index contributed by atoms with van der Waals surface area (Å²) in [7, 11) is 1.74. The second kappa shape index (κ2) is 7.19. The van der Waals surface area contributed by atoms with E-state index in [1.54, 1.807) is 42.2 Å². The summed E-state index contributed by atoms with van der Waals surface area (Å²) in [6.45, 7) is 1.51. The maximum absolute atomic E-state index is 13.1. The molecular formula is C20H20FN5O. The summed E-state index contributed by atoms with van der Waals surface area (Å²) in [5.41, 5.74) is 2.30. The Morgan fingerprint density at radius 3 is 2.63 bits per heavy atom. The number of nitrogens with zero attached hydrogens (tertiary/aromatic N) is 4. The minimum Gasteiger partial charge on any atom is -0.380 e. The molecule has 2 aromatic heterocycles. The van der Waals surface area contributed by atoms with Crippen molar-refractivity contribution in [1.29, 1.82) is 0 Å². The van der Waals surface area contributed by atoms with E-state index in [2.05, 4.69) is 15.2 Å². The fourth-order valence-corrected chi connectivity index (χ4v) is 3.32. The summed E-state index contributed by atoms with van der Waals surface area (Å²) >= 11 is 0. The molecule has 1 atom stereocenters. The number of hydrogen-bond acceptors (Lipinski definition) is 5. The summed E-state index contributed by atoms with van der Waals surface area (Å²) in [5, 5.41) is 3.42. The van der Waals surface area contributed by atoms with Crippen LogP contribution in [0.1, 0.15) is 6.42 Å². The van der Waals surface area contributed by atoms with Crippen LogP contribution >= 0.6 is 0 Å². The van der Waals surface area contributed by atoms with E-state index in [4.69, 9.17) is 4.98 Å². The van der Waals surface area contributed by atoms with Crippen LogP contribution in [-0.4, -0.2) is 33.7 Å². The highest BCUT2D eigenvalue weighted by molar-refractivity contribution is 5.59. The monoisotopic (exact) mass is 365 g/mol. The van der Waals surface area contributed by atoms with E-state index in [1.807, 2.05) is 12.1 Å². The van der Waals surface area contributed by atoms with Crippen molar-refractivity contribution in [2.24, 2.45) is 7.05 Å². The lowest BCUT2D eigenvalue weighted by atomic mass is 10.2. The molecule has 138 valence electrons. The SMILES string of the molecule is Cn1c(N2CCC(Nc3ccc(F)cc3)C2)nc(-c2ccncc2)cc1=O. The van der Waals surface area contributed by atoms with Gasteiger partial charge in [-0.3, -0.25) is 14.3 Å². The first-order valence-electron chi connectivity index (χ1n) is 8.86. The van der Waals surface area contributed by atoms with E-state index in [0.29, 0.717) is 11.6 Å². The molecule has 0 radical (unpaired) electrons. The molecule has 1 fully saturated rings. The number of rotatable bonds is 4. The van der Waals surface area contributed by atoms with Crippen LogP contribution in [0.3, 0.4) is 0 Å². The van der Waals surface area contributed by atoms with Crippen molar-refractivity contribution in [3.8, 4) is 11.3 Å². The average molecular weight is 365 g/mol. The van der Waals surface area contributed by atoms with E-state index >= 15 is 0 Å². The van der Waals surface area contributed by atoms with Crippen LogP contribution in [0, 0.1) is 5.82 Å². The summed E-state index contributed by atoms with van der Waals surface area (Å²) in [4.78, 5) is 23.3. The van der Waals surface area contributed by atoms with Gasteiger partial charge in [0.1, 0.15) is 5.82 Å². The minimum absolute atomic E-state index is 0.0956. The first kappa shape index (κ1) is 17.2. The fourth-order valence-electron chi connectivity index (χ4n) is 3.32. The zero-order valence-corrected chi connectivity index (χ0v) is 15.0. The van der Waals surface area contributed by atoms with Gasteiger partial charge < -0.3 is 10.2 Å². The number of pyridine rings is 1. The molecule has 1 aliphatic heterocycles. The summed E-state index contributed by atoms with van der Waals surface area (Å²) in [6.07, 6.45) is 4.28. The van der Waals surface area contributed by atoms with E-state index < -0.39 is 0 Å². The van der Waals surface area contributed by atoms with Gasteiger partial charge in [0.15, 0.2) is 0 Å². The van der Waals surface area contributed by atoms with Gasteiger partial charge in [-0.15, -0.1) is 0 Å². The lowest BCUT2D eigenvalue weighted by Crippen LogP contribution is -2.32. The van der Waals surface area contributed by atoms with Gasteiger partial charge in [-0.05, 0) is 42.8 Å². The first-order valence-corrected chi connectivity index (χ1v) is 8.86. The number of benzene rings is 1. The van der Waals surface area contributed by atoms with Crippen molar-refractivity contribution in [2.45, 2.75) is 12.5 Å². The van der Waals surface area contributed by atoms with E-state index in [0.717, 1.165) is 30.8 Å². The van der Waals surface area contributed by atoms with Gasteiger partial charge in [-0.25, -0.2) is 9.37 Å². The van der Waals surface area contributed by atoms with Crippen molar-refractivity contribution in [1.82, 2.24) is 14.5 Å². The number of aromatic nitrogens is 3. The van der Waals surface area contributed by atoms with E-state index in [-0.39, 0.29) is 17.4 Å². The maximum Gasteiger partial charge on any atom is 0.255 e. The molecule has 0 saturated carbocycles. The van der Waals surface area contributed by atoms with Crippen LogP contribution < -0.4 is 15.8 Å². The average Bonchev–Trinajstić information content (AvgIpc) is 3.14. The lowest BCUT2D eigenvalue weighted by molar-refractivity contribution is 0.628. The van der Waals surface area contributed by atoms with E-state index in [1.165, 1.54) is 12.1 Å². The van der Waals surface area contributed by atoms with Crippen molar-refractivity contribution in [3.05, 3.63) is 71.0 Å². The quantitative estimate of drug-likeness (QED) is 0.770. The van der Waals surface area contributed by atoms with Gasteiger partial charge in [0.05, 0.1) is 5.69 Å². The Kier molecular flexibility index (Phi) is 4.58. The zero-order valence-electron chi connectivity index (χ0n) is 15.0. The summed E-state index contributed by atoms with van der Waals surface area (Å²) in [6, 6.07) is 11.8. The van der Waals surface area contributed by atoms with Gasteiger partial charge in [0.25, 0.3) is 5.56 Å². The Labute approximate surface area is 156 Å². The molecule has 3 aromatic rings. The van der Waals surface area contributed by atoms with Crippen LogP contribution in [0.25, 0.3) is 11.3 Å². The topological polar surface area (TPSA) is 63.1 Å². The van der Waals surface area contributed by atoms with Crippen LogP contribution in [0.4, 0.5) is 16.0 Å². The molecule has 1 aromatic carbocycles. The molecule has 6 nitrogen and oxygen atoms in total. The predicted molar refractivity (Wildman–Crippen MR) is 103 cm³/mol. The Morgan fingerprint density at radius 1 is 1.15 bits per heavy atom. The van der Waals surface area contributed by atoms with Crippen LogP contribution in [0.2, 0.25) is 0 Å². The lowest BCUT2D eigenvalue weighted by Gasteiger charge is -2.21. The molecule has 4 rings (SSSR count). The van der Waals surface area contributed by atoms with Gasteiger partial charge in [0, 0.05) is 55.9 Å². The zero-order chi connectivity index (χ0) is 18.8. The third-order valence-electron chi connectivity index (χ3n) is 4.77. The summed E-state index contributed by atoms with van der Waals surface area (Å²) in [5.74, 6) is 0.401. The van der Waals surface area contributed by atoms with Gasteiger partial charge in [-0.2, -0.15) is 0 Å². The van der Waals surface area contributed by atoms with Gasteiger partial charge >= 0.3 is 0 Å². The second-order valence-electron chi connectivity index (χ2n) is 6.66. The van der Waals surface area contributed by atoms with Gasteiger partial charge in [-0.1, -0.05) is 0 Å². The molecule has 7 heteroatoms. The number of anilines is 2. The number of halogens is 1. The highest BCUT2D eigenvalue weighted by Gasteiger charge is 2.25. The molecule has 27 heavy (non-hydrogen) atoms. The van der Waals surface area contributed by atoms with Crippen LogP contribution in [0.15, 0.2) is 59.7 Å². The van der Waals surface area contributed by atoms with Gasteiger partial charge in [0.2, 0.25) is 5.95 Å². The third-order valence-corrected chi connectivity index (χ3v) is 4.77. The number of hydrogen-bond donors (Lipinski definition) is 1. The highest BCUT2D eigenvalue weighted by Crippen LogP contribution is 2.23. The maximum atomic E-state index is 13.1. The Hall–Kier alpha value is -3.22. The molecular weight excluding hydrogens is 345 g/mol. The molecule has 1 saturated heterocycles. The molecule has 0 aliphatic carbocycles. The van der Waals surface area contributed by atoms with Crippen molar-refractivity contribution in [3.63, 3.8) is 0 Å². The Bertz CT molecular complexity index is 988. The molecule has 0 bridgehead atoms. The largest absolute Gasteiger partial charge is 0.380 e. The van der Waals surface area contributed by atoms with Crippen molar-refractivity contribution >= 4 is 11.6 Å². The van der Waals surface area contributed by atoms with Crippen molar-refractivity contribution < 1.29 is 4.39 Å². The molecule has 0 spiro atoms. The minimum atomic E-state index is -0.249. The normalized spacial score (nSPS) is 16.5. The second-order valence-corrected chi connectivity index (χ2v) is 6.66. The van der Waals surface area contributed by atoms with Crippen LogP contribution in [0.5, 0.6) is 0 Å². The highest BCUT2D eigenvalue weighted by atomic mass is 19.1. The molecule has 3 heterocycles. The van der Waals surface area contributed by atoms with E-state index in [9.17, 15) is 9.18 Å². The molecule has 0 amide bonds. The standard InChI is InChI=1S/C20H20FN5O/c1-25-19(27)12-18(14-6-9-22-10-7-14)24-20(25)26-11-8-17(13-26)23-16-4-2-15(21)3-5-16/h2-7,9-10,12,17,23H,8,11,13H2,1H3. The Balaban J connectivity index is 1.56. The number of nitrogens with one attached hydrogen (secondary N) is 1. The first-order chi connectivity index (χ1) is 13.1. The molecule has 1 N–H and O–H groups in total.